The number of ether oxygens (including phenoxy) is 2. The van der Waals surface area contributed by atoms with Crippen molar-refractivity contribution in [1.82, 2.24) is 24.1 Å². The van der Waals surface area contributed by atoms with Crippen LogP contribution in [0, 0.1) is 0 Å². The molecule has 1 aliphatic rings. The number of carbonyl (C=O) groups is 1. The van der Waals surface area contributed by atoms with E-state index in [1.165, 1.54) is 0 Å². The lowest BCUT2D eigenvalue weighted by atomic mass is 10.2. The number of hydrogen-bond donors (Lipinski definition) is 2. The van der Waals surface area contributed by atoms with Gasteiger partial charge in [-0.2, -0.15) is 4.98 Å². The van der Waals surface area contributed by atoms with Crippen LogP contribution in [0.3, 0.4) is 0 Å². The van der Waals surface area contributed by atoms with E-state index >= 15 is 0 Å². The molecule has 0 bridgehead atoms. The van der Waals surface area contributed by atoms with Gasteiger partial charge < -0.3 is 30.0 Å². The molecule has 1 aliphatic heterocycles. The molecule has 0 radical (unpaired) electrons. The van der Waals surface area contributed by atoms with Crippen molar-refractivity contribution in [2.75, 3.05) is 31.0 Å². The Bertz CT molecular complexity index is 1290. The third-order valence-corrected chi connectivity index (χ3v) is 5.68. The lowest BCUT2D eigenvalue weighted by Crippen LogP contribution is -2.41. The molecule has 0 spiro atoms. The first kappa shape index (κ1) is 20.6. The van der Waals surface area contributed by atoms with E-state index in [0.717, 1.165) is 17.6 Å². The first-order chi connectivity index (χ1) is 16.1. The van der Waals surface area contributed by atoms with Gasteiger partial charge in [-0.05, 0) is 25.0 Å². The summed E-state index contributed by atoms with van der Waals surface area (Å²) in [5, 5.41) is 7.85. The van der Waals surface area contributed by atoms with Crippen molar-refractivity contribution in [3.05, 3.63) is 49.1 Å². The molecular formula is C22H24N8O3. The SMILES string of the molecule is COc1cc(OC)cc(-n2cnc(Nc3nc(N4CCCC4C(N)=O)nn4cccc34)c2)c1. The maximum Gasteiger partial charge on any atom is 0.246 e. The average Bonchev–Trinajstić information content (AvgIpc) is 3.58. The van der Waals surface area contributed by atoms with E-state index in [1.54, 1.807) is 25.1 Å². The molecule has 1 saturated heterocycles. The normalized spacial score (nSPS) is 15.7. The molecule has 5 rings (SSSR count). The number of imidazole rings is 1. The molecule has 4 aromatic rings. The summed E-state index contributed by atoms with van der Waals surface area (Å²) in [7, 11) is 3.22. The number of fused-ring (bicyclic) bond motifs is 1. The number of methoxy groups -OCH3 is 2. The van der Waals surface area contributed by atoms with Gasteiger partial charge in [-0.15, -0.1) is 5.10 Å². The molecule has 1 unspecified atom stereocenters. The smallest absolute Gasteiger partial charge is 0.246 e. The fraction of sp³-hybridized carbons (Fsp3) is 0.273. The van der Waals surface area contributed by atoms with E-state index < -0.39 is 6.04 Å². The molecule has 11 nitrogen and oxygen atoms in total. The number of nitrogens with two attached hydrogens (primary N) is 1. The lowest BCUT2D eigenvalue weighted by molar-refractivity contribution is -0.119. The molecule has 1 amide bonds. The van der Waals surface area contributed by atoms with Gasteiger partial charge in [0.25, 0.3) is 0 Å². The Morgan fingerprint density at radius 3 is 2.73 bits per heavy atom. The van der Waals surface area contributed by atoms with Crippen LogP contribution in [0.15, 0.2) is 49.1 Å². The first-order valence-electron chi connectivity index (χ1n) is 10.5. The molecule has 0 saturated carbocycles. The number of anilines is 3. The van der Waals surface area contributed by atoms with Crippen LogP contribution in [0.2, 0.25) is 0 Å². The monoisotopic (exact) mass is 448 g/mol. The summed E-state index contributed by atoms with van der Waals surface area (Å²) < 4.78 is 14.3. The zero-order valence-electron chi connectivity index (χ0n) is 18.3. The standard InChI is InChI=1S/C22H24N8O3/c1-32-15-9-14(10-16(11-15)33-2)28-12-19(24-13-28)25-21-18-6-4-8-30(18)27-22(26-21)29-7-3-5-17(29)20(23)31/h4,6,8-13,17H,3,5,7H2,1-2H3,(H2,23,31)(H,25,26,27). The van der Waals surface area contributed by atoms with Crippen LogP contribution < -0.4 is 25.4 Å². The highest BCUT2D eigenvalue weighted by atomic mass is 16.5. The minimum atomic E-state index is -0.409. The van der Waals surface area contributed by atoms with E-state index in [2.05, 4.69) is 15.4 Å². The first-order valence-corrected chi connectivity index (χ1v) is 10.5. The van der Waals surface area contributed by atoms with Crippen LogP contribution in [0.25, 0.3) is 11.2 Å². The number of carbonyl (C=O) groups excluding carboxylic acids is 1. The van der Waals surface area contributed by atoms with Crippen molar-refractivity contribution in [2.24, 2.45) is 5.73 Å². The largest absolute Gasteiger partial charge is 0.497 e. The predicted octanol–water partition coefficient (Wildman–Crippen LogP) is 2.13. The fourth-order valence-electron chi connectivity index (χ4n) is 4.03. The molecule has 3 aromatic heterocycles. The van der Waals surface area contributed by atoms with Crippen LogP contribution in [-0.2, 0) is 4.79 Å². The Balaban J connectivity index is 1.48. The molecule has 3 N–H and O–H groups in total. The maximum atomic E-state index is 11.9. The van der Waals surface area contributed by atoms with Gasteiger partial charge in [0.15, 0.2) is 5.82 Å². The molecule has 170 valence electrons. The molecule has 11 heteroatoms. The van der Waals surface area contributed by atoms with Crippen molar-refractivity contribution in [3.63, 3.8) is 0 Å². The van der Waals surface area contributed by atoms with Crippen molar-refractivity contribution >= 4 is 29.0 Å². The second-order valence-electron chi connectivity index (χ2n) is 7.71. The zero-order chi connectivity index (χ0) is 22.9. The summed E-state index contributed by atoms with van der Waals surface area (Å²) >= 11 is 0. The molecule has 4 heterocycles. The average molecular weight is 448 g/mol. The number of amides is 1. The van der Waals surface area contributed by atoms with E-state index in [0.29, 0.717) is 42.0 Å². The summed E-state index contributed by atoms with van der Waals surface area (Å²) in [4.78, 5) is 22.9. The summed E-state index contributed by atoms with van der Waals surface area (Å²) in [5.41, 5.74) is 7.21. The highest BCUT2D eigenvalue weighted by Gasteiger charge is 2.31. The highest BCUT2D eigenvalue weighted by Crippen LogP contribution is 2.28. The number of rotatable bonds is 7. The maximum absolute atomic E-state index is 11.9. The van der Waals surface area contributed by atoms with E-state index in [4.69, 9.17) is 20.2 Å². The summed E-state index contributed by atoms with van der Waals surface area (Å²) in [6, 6.07) is 8.97. The molecule has 1 aromatic carbocycles. The number of primary amides is 1. The topological polar surface area (TPSA) is 125 Å². The molecule has 1 atom stereocenters. The van der Waals surface area contributed by atoms with Gasteiger partial charge in [-0.3, -0.25) is 4.79 Å². The van der Waals surface area contributed by atoms with Crippen molar-refractivity contribution < 1.29 is 14.3 Å². The molecule has 1 fully saturated rings. The Hall–Kier alpha value is -4.28. The van der Waals surface area contributed by atoms with Gasteiger partial charge >= 0.3 is 0 Å². The van der Waals surface area contributed by atoms with Crippen LogP contribution >= 0.6 is 0 Å². The van der Waals surface area contributed by atoms with Gasteiger partial charge in [-0.25, -0.2) is 9.50 Å². The number of aromatic nitrogens is 5. The third kappa shape index (κ3) is 3.88. The Kier molecular flexibility index (Phi) is 5.21. The van der Waals surface area contributed by atoms with E-state index in [1.807, 2.05) is 52.2 Å². The summed E-state index contributed by atoms with van der Waals surface area (Å²) in [5.74, 6) is 2.60. The Labute approximate surface area is 189 Å². The second-order valence-corrected chi connectivity index (χ2v) is 7.71. The fourth-order valence-corrected chi connectivity index (χ4v) is 4.03. The minimum Gasteiger partial charge on any atom is -0.497 e. The van der Waals surface area contributed by atoms with Crippen LogP contribution in [-0.4, -0.2) is 56.9 Å². The minimum absolute atomic E-state index is 0.370. The zero-order valence-corrected chi connectivity index (χ0v) is 18.3. The van der Waals surface area contributed by atoms with E-state index in [-0.39, 0.29) is 5.91 Å². The van der Waals surface area contributed by atoms with Crippen LogP contribution in [0.5, 0.6) is 11.5 Å². The van der Waals surface area contributed by atoms with Crippen molar-refractivity contribution in [1.29, 1.82) is 0 Å². The highest BCUT2D eigenvalue weighted by molar-refractivity contribution is 5.84. The van der Waals surface area contributed by atoms with Crippen LogP contribution in [0.1, 0.15) is 12.8 Å². The van der Waals surface area contributed by atoms with Gasteiger partial charge in [0.1, 0.15) is 35.2 Å². The van der Waals surface area contributed by atoms with Crippen molar-refractivity contribution in [2.45, 2.75) is 18.9 Å². The third-order valence-electron chi connectivity index (χ3n) is 5.68. The van der Waals surface area contributed by atoms with Gasteiger partial charge in [-0.1, -0.05) is 0 Å². The summed E-state index contributed by atoms with van der Waals surface area (Å²) in [6.07, 6.45) is 6.93. The molecular weight excluding hydrogens is 424 g/mol. The van der Waals surface area contributed by atoms with Crippen molar-refractivity contribution in [3.8, 4) is 17.2 Å². The Morgan fingerprint density at radius 1 is 1.21 bits per heavy atom. The second kappa shape index (κ2) is 8.34. The van der Waals surface area contributed by atoms with Gasteiger partial charge in [0, 0.05) is 30.9 Å². The van der Waals surface area contributed by atoms with Crippen LogP contribution in [0.4, 0.5) is 17.6 Å². The molecule has 33 heavy (non-hydrogen) atoms. The number of hydrogen-bond acceptors (Lipinski definition) is 8. The van der Waals surface area contributed by atoms with Gasteiger partial charge in [0.2, 0.25) is 11.9 Å². The lowest BCUT2D eigenvalue weighted by Gasteiger charge is -2.22. The van der Waals surface area contributed by atoms with E-state index in [9.17, 15) is 4.79 Å². The van der Waals surface area contributed by atoms with Gasteiger partial charge in [0.05, 0.1) is 26.1 Å². The summed E-state index contributed by atoms with van der Waals surface area (Å²) in [6.45, 7) is 0.673. The quantitative estimate of drug-likeness (QED) is 0.441. The Morgan fingerprint density at radius 2 is 2.00 bits per heavy atom. The molecule has 0 aliphatic carbocycles. The number of benzene rings is 1. The number of nitrogens with zero attached hydrogens (tertiary/aromatic N) is 6. The predicted molar refractivity (Wildman–Crippen MR) is 123 cm³/mol. The number of nitrogens with one attached hydrogen (secondary N) is 1.